The molecule has 0 bridgehead atoms. The number of nitrogens with one attached hydrogen (secondary N) is 4. The number of benzene rings is 3. The molecule has 2 atom stereocenters. The summed E-state index contributed by atoms with van der Waals surface area (Å²) in [6, 6.07) is 21.5. The van der Waals surface area contributed by atoms with Gasteiger partial charge in [-0.3, -0.25) is 14.4 Å². The van der Waals surface area contributed by atoms with E-state index in [-0.39, 0.29) is 29.9 Å². The molecule has 5 rings (SSSR count). The van der Waals surface area contributed by atoms with Crippen molar-refractivity contribution in [1.29, 1.82) is 0 Å². The number of fused-ring (bicyclic) bond motifs is 1. The maximum absolute atomic E-state index is 13.5. The molecule has 0 saturated carbocycles. The molecule has 4 N–H and O–H groups in total. The van der Waals surface area contributed by atoms with Crippen molar-refractivity contribution in [3.63, 3.8) is 0 Å². The summed E-state index contributed by atoms with van der Waals surface area (Å²) in [6.07, 6.45) is 2.11. The Morgan fingerprint density at radius 3 is 1.85 bits per heavy atom. The molecule has 11 heteroatoms. The lowest BCUT2D eigenvalue weighted by atomic mass is 10.0. The minimum absolute atomic E-state index is 0.239. The molecule has 0 aliphatic carbocycles. The highest BCUT2D eigenvalue weighted by Gasteiger charge is 2.29. The number of aromatic nitrogens is 1. The van der Waals surface area contributed by atoms with Crippen LogP contribution in [0.3, 0.4) is 0 Å². The van der Waals surface area contributed by atoms with Gasteiger partial charge in [0.15, 0.2) is 0 Å². The monoisotopic (exact) mass is 648 g/mol. The predicted molar refractivity (Wildman–Crippen MR) is 180 cm³/mol. The molecule has 3 aromatic carbocycles. The highest BCUT2D eigenvalue weighted by atomic mass is 16.5. The van der Waals surface area contributed by atoms with Crippen LogP contribution in [0.5, 0.6) is 0 Å². The molecule has 48 heavy (non-hydrogen) atoms. The largest absolute Gasteiger partial charge is 0.467 e. The van der Waals surface area contributed by atoms with Crippen molar-refractivity contribution in [2.75, 3.05) is 19.5 Å². The highest BCUT2D eigenvalue weighted by Crippen LogP contribution is 2.35. The summed E-state index contributed by atoms with van der Waals surface area (Å²) in [5, 5.41) is 8.36. The van der Waals surface area contributed by atoms with Gasteiger partial charge >= 0.3 is 11.9 Å². The van der Waals surface area contributed by atoms with E-state index in [0.29, 0.717) is 33.8 Å². The van der Waals surface area contributed by atoms with Crippen LogP contribution < -0.4 is 16.0 Å². The second-order valence-corrected chi connectivity index (χ2v) is 11.4. The summed E-state index contributed by atoms with van der Waals surface area (Å²) in [5.74, 6) is -2.52. The van der Waals surface area contributed by atoms with Crippen molar-refractivity contribution in [2.24, 2.45) is 0 Å². The van der Waals surface area contributed by atoms with Crippen LogP contribution in [-0.2, 0) is 36.7 Å². The minimum Gasteiger partial charge on any atom is -0.467 e. The Morgan fingerprint density at radius 2 is 1.31 bits per heavy atom. The van der Waals surface area contributed by atoms with E-state index >= 15 is 0 Å². The second kappa shape index (κ2) is 14.6. The number of ether oxygens (including phenoxy) is 2. The number of carbonyl (C=O) groups excluding carboxylic acids is 5. The third kappa shape index (κ3) is 7.36. The molecule has 3 amide bonds. The van der Waals surface area contributed by atoms with Crippen molar-refractivity contribution < 1.29 is 33.4 Å². The van der Waals surface area contributed by atoms with Crippen molar-refractivity contribution in [2.45, 2.75) is 38.8 Å². The van der Waals surface area contributed by atoms with Crippen LogP contribution >= 0.6 is 0 Å². The highest BCUT2D eigenvalue weighted by molar-refractivity contribution is 6.35. The van der Waals surface area contributed by atoms with E-state index in [0.717, 1.165) is 11.1 Å². The Labute approximate surface area is 277 Å². The second-order valence-electron chi connectivity index (χ2n) is 11.4. The van der Waals surface area contributed by atoms with E-state index in [9.17, 15) is 24.0 Å². The topological polar surface area (TPSA) is 156 Å². The lowest BCUT2D eigenvalue weighted by Crippen LogP contribution is -2.43. The van der Waals surface area contributed by atoms with Crippen molar-refractivity contribution in [3.05, 3.63) is 124 Å². The number of carbonyl (C=O) groups is 5. The molecule has 0 unspecified atom stereocenters. The number of rotatable bonds is 11. The first-order valence-electron chi connectivity index (χ1n) is 15.3. The lowest BCUT2D eigenvalue weighted by Gasteiger charge is -2.17. The number of methoxy groups -OCH3 is 2. The third-order valence-corrected chi connectivity index (χ3v) is 8.20. The van der Waals surface area contributed by atoms with E-state index in [1.54, 1.807) is 38.1 Å². The van der Waals surface area contributed by atoms with Gasteiger partial charge < -0.3 is 30.4 Å². The average molecular weight is 649 g/mol. The summed E-state index contributed by atoms with van der Waals surface area (Å²) in [4.78, 5) is 68.2. The summed E-state index contributed by atoms with van der Waals surface area (Å²) in [6.45, 7) is 3.47. The van der Waals surface area contributed by atoms with E-state index in [2.05, 4.69) is 20.9 Å². The summed E-state index contributed by atoms with van der Waals surface area (Å²) >= 11 is 0. The third-order valence-electron chi connectivity index (χ3n) is 8.20. The summed E-state index contributed by atoms with van der Waals surface area (Å²) < 4.78 is 9.87. The van der Waals surface area contributed by atoms with Crippen LogP contribution in [0.2, 0.25) is 0 Å². The molecule has 0 fully saturated rings. The Bertz CT molecular complexity index is 1900. The Balaban J connectivity index is 1.38. The van der Waals surface area contributed by atoms with Gasteiger partial charge in [-0.1, -0.05) is 60.7 Å². The summed E-state index contributed by atoms with van der Waals surface area (Å²) in [7, 11) is 2.53. The fourth-order valence-corrected chi connectivity index (χ4v) is 5.72. The van der Waals surface area contributed by atoms with Gasteiger partial charge in [-0.05, 0) is 54.8 Å². The Hall–Kier alpha value is -5.97. The molecule has 0 saturated heterocycles. The van der Waals surface area contributed by atoms with Crippen molar-refractivity contribution in [1.82, 2.24) is 15.6 Å². The molecular formula is C37H36N4O7. The molecule has 0 spiro atoms. The lowest BCUT2D eigenvalue weighted by molar-refractivity contribution is -0.143. The van der Waals surface area contributed by atoms with Crippen molar-refractivity contribution in [3.8, 4) is 0 Å². The zero-order valence-corrected chi connectivity index (χ0v) is 27.0. The molecule has 246 valence electrons. The predicted octanol–water partition coefficient (Wildman–Crippen LogP) is 4.15. The van der Waals surface area contributed by atoms with Crippen LogP contribution in [0, 0.1) is 13.8 Å². The normalized spacial score (nSPS) is 14.0. The summed E-state index contributed by atoms with van der Waals surface area (Å²) in [5.41, 5.74) is 5.18. The smallest absolute Gasteiger partial charge is 0.328 e. The number of anilines is 1. The van der Waals surface area contributed by atoms with Crippen LogP contribution in [-0.4, -0.2) is 60.9 Å². The van der Waals surface area contributed by atoms with Gasteiger partial charge in [-0.25, -0.2) is 9.59 Å². The van der Waals surface area contributed by atoms with E-state index in [1.807, 2.05) is 60.7 Å². The van der Waals surface area contributed by atoms with E-state index in [1.165, 1.54) is 14.2 Å². The molecule has 11 nitrogen and oxygen atoms in total. The van der Waals surface area contributed by atoms with Gasteiger partial charge in [0, 0.05) is 41.0 Å². The first kappa shape index (κ1) is 33.4. The SMILES string of the molecule is COC(=O)[C@H](Cc1ccccc1)NC(=O)c1ccc2c(c1)C(=Cc1[nH]c(C)c(C(=O)N[C@H](Cc3ccccc3)C(=O)OC)c1C)C(=O)N2. The van der Waals surface area contributed by atoms with Crippen molar-refractivity contribution >= 4 is 47.0 Å². The van der Waals surface area contributed by atoms with Crippen LogP contribution in [0.4, 0.5) is 5.69 Å². The standard InChI is InChI=1S/C37H36N4O7/c1-21-29(38-22(2)32(21)35(44)41-31(37(46)48-4)18-24-13-9-6-10-14-24)20-27-26-19-25(15-16-28(26)39-34(27)43)33(42)40-30(36(45)47-3)17-23-11-7-5-8-12-23/h5-16,19-20,30-31,38H,17-18H2,1-4H3,(H,39,43)(H,40,42)(H,41,44)/t30-,31+/m0/s1. The number of H-pyrrole nitrogens is 1. The molecule has 4 aromatic rings. The number of aryl methyl sites for hydroxylation is 1. The first-order valence-corrected chi connectivity index (χ1v) is 15.3. The maximum Gasteiger partial charge on any atom is 0.328 e. The average Bonchev–Trinajstić information content (AvgIpc) is 3.56. The number of amides is 3. The number of esters is 2. The zero-order chi connectivity index (χ0) is 34.4. The van der Waals surface area contributed by atoms with Gasteiger partial charge in [-0.2, -0.15) is 0 Å². The molecule has 2 heterocycles. The number of hydrogen-bond donors (Lipinski definition) is 4. The molecule has 1 aromatic heterocycles. The van der Waals surface area contributed by atoms with Crippen LogP contribution in [0.15, 0.2) is 78.9 Å². The van der Waals surface area contributed by atoms with Gasteiger partial charge in [0.25, 0.3) is 17.7 Å². The fourth-order valence-electron chi connectivity index (χ4n) is 5.72. The number of aromatic amines is 1. The fraction of sp³-hybridized carbons (Fsp3) is 0.216. The van der Waals surface area contributed by atoms with Gasteiger partial charge in [0.05, 0.1) is 25.4 Å². The first-order chi connectivity index (χ1) is 23.1. The van der Waals surface area contributed by atoms with Crippen LogP contribution in [0.25, 0.3) is 11.6 Å². The Kier molecular flexibility index (Phi) is 10.2. The quantitative estimate of drug-likeness (QED) is 0.141. The van der Waals surface area contributed by atoms with E-state index in [4.69, 9.17) is 9.47 Å². The molecule has 1 aliphatic rings. The Morgan fingerprint density at radius 1 is 0.771 bits per heavy atom. The minimum atomic E-state index is -0.923. The van der Waals surface area contributed by atoms with Crippen LogP contribution in [0.1, 0.15) is 54.4 Å². The van der Waals surface area contributed by atoms with Gasteiger partial charge in [-0.15, -0.1) is 0 Å². The molecule has 1 aliphatic heterocycles. The van der Waals surface area contributed by atoms with Gasteiger partial charge in [0.1, 0.15) is 12.1 Å². The number of hydrogen-bond acceptors (Lipinski definition) is 7. The molecule has 0 radical (unpaired) electrons. The maximum atomic E-state index is 13.5. The van der Waals surface area contributed by atoms with Gasteiger partial charge in [0.2, 0.25) is 0 Å². The molecular weight excluding hydrogens is 612 g/mol. The zero-order valence-electron chi connectivity index (χ0n) is 27.0. The van der Waals surface area contributed by atoms with E-state index < -0.39 is 35.8 Å².